The quantitative estimate of drug-likeness (QED) is 0.515. The van der Waals surface area contributed by atoms with E-state index in [9.17, 15) is 8.78 Å². The van der Waals surface area contributed by atoms with Gasteiger partial charge in [0.1, 0.15) is 11.6 Å². The first-order valence-electron chi connectivity index (χ1n) is 7.05. The van der Waals surface area contributed by atoms with Crippen LogP contribution in [0.4, 0.5) is 14.5 Å². The molecule has 3 heteroatoms. The van der Waals surface area contributed by atoms with Gasteiger partial charge < -0.3 is 5.73 Å². The van der Waals surface area contributed by atoms with Crippen LogP contribution in [0.25, 0.3) is 11.1 Å². The molecule has 0 aliphatic rings. The van der Waals surface area contributed by atoms with Crippen molar-refractivity contribution in [2.45, 2.75) is 0 Å². The van der Waals surface area contributed by atoms with Gasteiger partial charge in [-0.1, -0.05) is 42.2 Å². The van der Waals surface area contributed by atoms with Crippen molar-refractivity contribution < 1.29 is 8.78 Å². The third-order valence-corrected chi connectivity index (χ3v) is 3.41. The Morgan fingerprint density at radius 3 is 2.13 bits per heavy atom. The van der Waals surface area contributed by atoms with Crippen LogP contribution in [0.5, 0.6) is 0 Å². The lowest BCUT2D eigenvalue weighted by atomic mass is 10.0. The van der Waals surface area contributed by atoms with E-state index in [2.05, 4.69) is 11.8 Å². The molecule has 0 saturated carbocycles. The molecule has 0 aliphatic carbocycles. The number of nitrogen functional groups attached to an aromatic ring is 1. The molecule has 0 aliphatic heterocycles. The van der Waals surface area contributed by atoms with Crippen molar-refractivity contribution in [3.63, 3.8) is 0 Å². The molecule has 2 N–H and O–H groups in total. The molecule has 0 atom stereocenters. The lowest BCUT2D eigenvalue weighted by molar-refractivity contribution is 0.627. The third kappa shape index (κ3) is 3.38. The van der Waals surface area contributed by atoms with Crippen molar-refractivity contribution in [2.75, 3.05) is 5.73 Å². The summed E-state index contributed by atoms with van der Waals surface area (Å²) in [6.45, 7) is 0. The summed E-state index contributed by atoms with van der Waals surface area (Å²) in [4.78, 5) is 0. The molecule has 23 heavy (non-hydrogen) atoms. The number of nitrogens with two attached hydrogens (primary N) is 1. The van der Waals surface area contributed by atoms with Crippen LogP contribution in [0.15, 0.2) is 66.7 Å². The Kier molecular flexibility index (Phi) is 4.07. The monoisotopic (exact) mass is 305 g/mol. The smallest absolute Gasteiger partial charge is 0.146 e. The minimum absolute atomic E-state index is 0.0412. The van der Waals surface area contributed by atoms with Crippen LogP contribution in [0.3, 0.4) is 0 Å². The molecule has 0 amide bonds. The molecule has 0 unspecified atom stereocenters. The first kappa shape index (κ1) is 14.8. The lowest BCUT2D eigenvalue weighted by Crippen LogP contribution is -1.92. The van der Waals surface area contributed by atoms with E-state index < -0.39 is 11.6 Å². The molecular formula is C20H13F2N. The Hall–Kier alpha value is -3.12. The van der Waals surface area contributed by atoms with E-state index in [-0.39, 0.29) is 5.69 Å². The largest absolute Gasteiger partial charge is 0.396 e. The molecular weight excluding hydrogens is 292 g/mol. The topological polar surface area (TPSA) is 26.0 Å². The number of hydrogen-bond donors (Lipinski definition) is 1. The van der Waals surface area contributed by atoms with Crippen LogP contribution in [0.1, 0.15) is 11.1 Å². The zero-order valence-corrected chi connectivity index (χ0v) is 12.2. The summed E-state index contributed by atoms with van der Waals surface area (Å²) in [7, 11) is 0. The molecule has 1 nitrogen and oxygen atoms in total. The van der Waals surface area contributed by atoms with Gasteiger partial charge in [0, 0.05) is 16.7 Å². The molecule has 112 valence electrons. The second kappa shape index (κ2) is 6.33. The van der Waals surface area contributed by atoms with Crippen LogP contribution in [0.2, 0.25) is 0 Å². The highest BCUT2D eigenvalue weighted by atomic mass is 19.1. The summed E-state index contributed by atoms with van der Waals surface area (Å²) in [5.74, 6) is 4.88. The second-order valence-electron chi connectivity index (χ2n) is 5.05. The van der Waals surface area contributed by atoms with Gasteiger partial charge in [0.2, 0.25) is 0 Å². The summed E-state index contributed by atoms with van der Waals surface area (Å²) in [5, 5.41) is 0. The van der Waals surface area contributed by atoms with E-state index in [1.54, 1.807) is 18.2 Å². The van der Waals surface area contributed by atoms with Crippen LogP contribution < -0.4 is 5.73 Å². The maximum atomic E-state index is 14.3. The second-order valence-corrected chi connectivity index (χ2v) is 5.05. The van der Waals surface area contributed by atoms with E-state index in [1.807, 2.05) is 30.3 Å². The molecule has 0 spiro atoms. The van der Waals surface area contributed by atoms with Gasteiger partial charge in [0.05, 0.1) is 5.69 Å². The van der Waals surface area contributed by atoms with Gasteiger partial charge in [-0.2, -0.15) is 0 Å². The van der Waals surface area contributed by atoms with E-state index >= 15 is 0 Å². The minimum Gasteiger partial charge on any atom is -0.396 e. The average molecular weight is 305 g/mol. The highest BCUT2D eigenvalue weighted by Gasteiger charge is 2.08. The van der Waals surface area contributed by atoms with Gasteiger partial charge in [-0.3, -0.25) is 0 Å². The van der Waals surface area contributed by atoms with E-state index in [0.29, 0.717) is 16.7 Å². The molecule has 3 rings (SSSR count). The highest BCUT2D eigenvalue weighted by molar-refractivity contribution is 5.67. The molecule has 0 saturated heterocycles. The van der Waals surface area contributed by atoms with Crippen LogP contribution in [0, 0.1) is 23.5 Å². The first-order chi connectivity index (χ1) is 11.1. The summed E-state index contributed by atoms with van der Waals surface area (Å²) < 4.78 is 27.8. The minimum atomic E-state index is -0.560. The zero-order chi connectivity index (χ0) is 16.2. The summed E-state index contributed by atoms with van der Waals surface area (Å²) >= 11 is 0. The Labute approximate surface area is 133 Å². The number of hydrogen-bond acceptors (Lipinski definition) is 1. The first-order valence-corrected chi connectivity index (χ1v) is 7.05. The highest BCUT2D eigenvalue weighted by Crippen LogP contribution is 2.26. The maximum absolute atomic E-state index is 14.3. The molecule has 3 aromatic carbocycles. The Morgan fingerprint density at radius 1 is 0.696 bits per heavy atom. The molecule has 3 aromatic rings. The van der Waals surface area contributed by atoms with Crippen LogP contribution in [-0.4, -0.2) is 0 Å². The van der Waals surface area contributed by atoms with Gasteiger partial charge >= 0.3 is 0 Å². The third-order valence-electron chi connectivity index (χ3n) is 3.41. The number of halogens is 2. The zero-order valence-electron chi connectivity index (χ0n) is 12.2. The van der Waals surface area contributed by atoms with Gasteiger partial charge in [0.25, 0.3) is 0 Å². The molecule has 0 radical (unpaired) electrons. The SMILES string of the molecule is Nc1ccc(-c2ccc(C#Cc3ccccc3)cc2F)cc1F. The van der Waals surface area contributed by atoms with Gasteiger partial charge in [-0.25, -0.2) is 8.78 Å². The predicted octanol–water partition coefficient (Wildman–Crippen LogP) is 4.61. The summed E-state index contributed by atoms with van der Waals surface area (Å²) in [6, 6.07) is 18.3. The van der Waals surface area contributed by atoms with Crippen molar-refractivity contribution in [2.24, 2.45) is 0 Å². The van der Waals surface area contributed by atoms with Crippen LogP contribution in [-0.2, 0) is 0 Å². The summed E-state index contributed by atoms with van der Waals surface area (Å²) in [6.07, 6.45) is 0. The van der Waals surface area contributed by atoms with Gasteiger partial charge in [-0.15, -0.1) is 0 Å². The normalized spacial score (nSPS) is 10.0. The fraction of sp³-hybridized carbons (Fsp3) is 0. The molecule has 0 fully saturated rings. The maximum Gasteiger partial charge on any atom is 0.146 e. The summed E-state index contributed by atoms with van der Waals surface area (Å²) in [5.41, 5.74) is 7.65. The molecule has 0 bridgehead atoms. The lowest BCUT2D eigenvalue weighted by Gasteiger charge is -2.05. The fourth-order valence-corrected chi connectivity index (χ4v) is 2.19. The fourth-order valence-electron chi connectivity index (χ4n) is 2.19. The molecule has 0 heterocycles. The standard InChI is InChI=1S/C20H13F2N/c21-18-12-15(7-6-14-4-2-1-3-5-14)8-10-17(18)16-9-11-20(23)19(22)13-16/h1-5,8-13H,23H2. The Bertz CT molecular complexity index is 906. The van der Waals surface area contributed by atoms with E-state index in [0.717, 1.165) is 5.56 Å². The van der Waals surface area contributed by atoms with Crippen molar-refractivity contribution in [1.29, 1.82) is 0 Å². The van der Waals surface area contributed by atoms with Crippen molar-refractivity contribution in [3.05, 3.63) is 89.5 Å². The Balaban J connectivity index is 1.92. The molecule has 0 aromatic heterocycles. The van der Waals surface area contributed by atoms with Crippen molar-refractivity contribution in [3.8, 4) is 23.0 Å². The van der Waals surface area contributed by atoms with Crippen LogP contribution >= 0.6 is 0 Å². The van der Waals surface area contributed by atoms with Crippen molar-refractivity contribution in [1.82, 2.24) is 0 Å². The van der Waals surface area contributed by atoms with Gasteiger partial charge in [-0.05, 0) is 42.0 Å². The average Bonchev–Trinajstić information content (AvgIpc) is 2.57. The van der Waals surface area contributed by atoms with E-state index in [1.165, 1.54) is 18.2 Å². The number of benzene rings is 3. The van der Waals surface area contributed by atoms with E-state index in [4.69, 9.17) is 5.73 Å². The van der Waals surface area contributed by atoms with Gasteiger partial charge in [0.15, 0.2) is 0 Å². The number of rotatable bonds is 1. The Morgan fingerprint density at radius 2 is 1.43 bits per heavy atom. The van der Waals surface area contributed by atoms with Crippen molar-refractivity contribution >= 4 is 5.69 Å². The number of anilines is 1. The predicted molar refractivity (Wildman–Crippen MR) is 88.6 cm³/mol.